The smallest absolute Gasteiger partial charge is 0.134 e. The lowest BCUT2D eigenvalue weighted by Crippen LogP contribution is -2.41. The molecule has 0 saturated heterocycles. The number of nitrogens with one attached hydrogen (secondary N) is 1. The molecule has 0 radical (unpaired) electrons. The van der Waals surface area contributed by atoms with Crippen LogP contribution in [0.5, 0.6) is 0 Å². The van der Waals surface area contributed by atoms with E-state index in [1.54, 1.807) is 0 Å². The van der Waals surface area contributed by atoms with Crippen molar-refractivity contribution in [2.24, 2.45) is 17.2 Å². The molecule has 1 aromatic carbocycles. The van der Waals surface area contributed by atoms with Crippen LogP contribution in [0.1, 0.15) is 51.3 Å². The van der Waals surface area contributed by atoms with E-state index in [9.17, 15) is 0 Å². The summed E-state index contributed by atoms with van der Waals surface area (Å²) in [6.07, 6.45) is 5.07. The third kappa shape index (κ3) is 2.36. The van der Waals surface area contributed by atoms with Crippen LogP contribution in [-0.2, 0) is 0 Å². The Morgan fingerprint density at radius 1 is 1.30 bits per heavy atom. The monoisotopic (exact) mass is 272 g/mol. The van der Waals surface area contributed by atoms with E-state index in [-0.39, 0.29) is 6.04 Å². The Hall–Kier alpha value is -1.32. The third-order valence-electron chi connectivity index (χ3n) is 4.92. The third-order valence-corrected chi connectivity index (χ3v) is 4.92. The molecule has 2 aromatic rings. The number of benzene rings is 1. The van der Waals surface area contributed by atoms with Crippen LogP contribution in [0.4, 0.5) is 0 Å². The summed E-state index contributed by atoms with van der Waals surface area (Å²) in [4.78, 5) is 0. The lowest BCUT2D eigenvalue weighted by molar-refractivity contribution is 0.0901. The predicted octanol–water partition coefficient (Wildman–Crippen LogP) is 4.15. The molecule has 3 nitrogen and oxygen atoms in total. The molecule has 2 atom stereocenters. The highest BCUT2D eigenvalue weighted by molar-refractivity contribution is 5.77. The summed E-state index contributed by atoms with van der Waals surface area (Å²) in [5, 5.41) is 1.15. The quantitative estimate of drug-likeness (QED) is 0.651. The van der Waals surface area contributed by atoms with Gasteiger partial charge in [-0.05, 0) is 36.3 Å². The largest absolute Gasteiger partial charge is 0.459 e. The van der Waals surface area contributed by atoms with Crippen molar-refractivity contribution in [1.29, 1.82) is 0 Å². The molecule has 3 N–H and O–H groups in total. The Morgan fingerprint density at radius 2 is 2.10 bits per heavy atom. The number of hydrogen-bond acceptors (Lipinski definition) is 3. The van der Waals surface area contributed by atoms with Gasteiger partial charge in [-0.2, -0.15) is 0 Å². The Morgan fingerprint density at radius 3 is 2.80 bits per heavy atom. The van der Waals surface area contributed by atoms with Crippen LogP contribution in [0.3, 0.4) is 0 Å². The van der Waals surface area contributed by atoms with Crippen molar-refractivity contribution in [2.45, 2.75) is 45.6 Å². The van der Waals surface area contributed by atoms with Crippen molar-refractivity contribution in [1.82, 2.24) is 5.43 Å². The predicted molar refractivity (Wildman–Crippen MR) is 82.0 cm³/mol. The number of fused-ring (bicyclic) bond motifs is 1. The maximum atomic E-state index is 6.03. The Balaban J connectivity index is 1.96. The minimum absolute atomic E-state index is 0.0951. The first-order valence-electron chi connectivity index (χ1n) is 7.56. The van der Waals surface area contributed by atoms with E-state index in [1.807, 2.05) is 18.2 Å². The van der Waals surface area contributed by atoms with Gasteiger partial charge in [-0.15, -0.1) is 0 Å². The molecule has 1 fully saturated rings. The minimum atomic E-state index is 0.0951. The molecule has 3 rings (SSSR count). The van der Waals surface area contributed by atoms with Gasteiger partial charge in [0.15, 0.2) is 0 Å². The molecule has 0 spiro atoms. The van der Waals surface area contributed by atoms with Crippen molar-refractivity contribution >= 4 is 11.0 Å². The van der Waals surface area contributed by atoms with Crippen molar-refractivity contribution in [2.75, 3.05) is 0 Å². The zero-order valence-electron chi connectivity index (χ0n) is 12.4. The van der Waals surface area contributed by atoms with E-state index in [2.05, 4.69) is 31.4 Å². The molecule has 1 saturated carbocycles. The first-order valence-corrected chi connectivity index (χ1v) is 7.56. The molecule has 1 aromatic heterocycles. The molecule has 20 heavy (non-hydrogen) atoms. The Kier molecular flexibility index (Phi) is 3.57. The lowest BCUT2D eigenvalue weighted by Gasteiger charge is -2.42. The van der Waals surface area contributed by atoms with Crippen molar-refractivity contribution < 1.29 is 4.42 Å². The zero-order chi connectivity index (χ0) is 14.2. The van der Waals surface area contributed by atoms with Gasteiger partial charge < -0.3 is 4.42 Å². The van der Waals surface area contributed by atoms with E-state index in [1.165, 1.54) is 25.7 Å². The number of nitrogens with two attached hydrogens (primary N) is 1. The summed E-state index contributed by atoms with van der Waals surface area (Å²) >= 11 is 0. The van der Waals surface area contributed by atoms with E-state index < -0.39 is 0 Å². The van der Waals surface area contributed by atoms with Gasteiger partial charge in [0.2, 0.25) is 0 Å². The molecule has 0 bridgehead atoms. The van der Waals surface area contributed by atoms with Gasteiger partial charge in [0.05, 0.1) is 6.04 Å². The number of hydrogen-bond donors (Lipinski definition) is 2. The fourth-order valence-electron chi connectivity index (χ4n) is 3.69. The van der Waals surface area contributed by atoms with E-state index >= 15 is 0 Å². The van der Waals surface area contributed by atoms with Gasteiger partial charge in [-0.25, -0.2) is 5.43 Å². The van der Waals surface area contributed by atoms with Crippen LogP contribution >= 0.6 is 0 Å². The molecular formula is C17H24N2O. The highest BCUT2D eigenvalue weighted by Crippen LogP contribution is 2.47. The molecule has 1 aliphatic carbocycles. The van der Waals surface area contributed by atoms with Gasteiger partial charge in [0.25, 0.3) is 0 Å². The minimum Gasteiger partial charge on any atom is -0.459 e. The van der Waals surface area contributed by atoms with E-state index in [0.717, 1.165) is 16.7 Å². The Bertz CT molecular complexity index is 554. The summed E-state index contributed by atoms with van der Waals surface area (Å²) in [6, 6.07) is 10.4. The first-order chi connectivity index (χ1) is 9.62. The number of para-hydroxylation sites is 1. The maximum Gasteiger partial charge on any atom is 0.134 e. The summed E-state index contributed by atoms with van der Waals surface area (Å²) in [5.74, 6) is 7.35. The Labute approximate surface area is 120 Å². The normalized spacial score (nSPS) is 23.9. The average molecular weight is 272 g/mol. The van der Waals surface area contributed by atoms with Crippen molar-refractivity contribution in [3.05, 3.63) is 36.1 Å². The molecule has 1 aliphatic rings. The maximum absolute atomic E-state index is 6.03. The van der Waals surface area contributed by atoms with E-state index in [4.69, 9.17) is 10.3 Å². The number of furan rings is 1. The van der Waals surface area contributed by atoms with Gasteiger partial charge >= 0.3 is 0 Å². The highest BCUT2D eigenvalue weighted by atomic mass is 16.3. The first kappa shape index (κ1) is 13.7. The molecule has 1 heterocycles. The second-order valence-electron chi connectivity index (χ2n) is 6.67. The molecule has 0 aliphatic heterocycles. The van der Waals surface area contributed by atoms with Crippen LogP contribution in [0.2, 0.25) is 0 Å². The van der Waals surface area contributed by atoms with Crippen LogP contribution < -0.4 is 11.3 Å². The molecule has 2 unspecified atom stereocenters. The van der Waals surface area contributed by atoms with Gasteiger partial charge in [0, 0.05) is 5.39 Å². The fourth-order valence-corrected chi connectivity index (χ4v) is 3.69. The molecule has 108 valence electrons. The molecule has 3 heteroatoms. The summed E-state index contributed by atoms with van der Waals surface area (Å²) in [6.45, 7) is 4.70. The van der Waals surface area contributed by atoms with Gasteiger partial charge in [-0.3, -0.25) is 5.84 Å². The molecule has 0 amide bonds. The zero-order valence-corrected chi connectivity index (χ0v) is 12.4. The topological polar surface area (TPSA) is 51.2 Å². The fraction of sp³-hybridized carbons (Fsp3) is 0.529. The van der Waals surface area contributed by atoms with Crippen molar-refractivity contribution in [3.8, 4) is 0 Å². The average Bonchev–Trinajstić information content (AvgIpc) is 2.84. The SMILES string of the molecule is CC1(C)CCCCC1C(NN)c1cc2ccccc2o1. The summed E-state index contributed by atoms with van der Waals surface area (Å²) in [7, 11) is 0. The number of hydrazine groups is 1. The van der Waals surface area contributed by atoms with Crippen LogP contribution in [0.15, 0.2) is 34.7 Å². The standard InChI is InChI=1S/C17H24N2O/c1-17(2)10-6-5-8-13(17)16(19-18)15-11-12-7-3-4-9-14(12)20-15/h3-4,7,9,11,13,16,19H,5-6,8,10,18H2,1-2H3. The van der Waals surface area contributed by atoms with Crippen molar-refractivity contribution in [3.63, 3.8) is 0 Å². The van der Waals surface area contributed by atoms with Crippen LogP contribution in [0.25, 0.3) is 11.0 Å². The van der Waals surface area contributed by atoms with Gasteiger partial charge in [-0.1, -0.05) is 44.9 Å². The summed E-state index contributed by atoms with van der Waals surface area (Å²) < 4.78 is 6.03. The van der Waals surface area contributed by atoms with E-state index in [0.29, 0.717) is 11.3 Å². The summed E-state index contributed by atoms with van der Waals surface area (Å²) in [5.41, 5.74) is 4.25. The number of rotatable bonds is 3. The van der Waals surface area contributed by atoms with Crippen LogP contribution in [-0.4, -0.2) is 0 Å². The highest BCUT2D eigenvalue weighted by Gasteiger charge is 2.39. The second-order valence-corrected chi connectivity index (χ2v) is 6.67. The molecular weight excluding hydrogens is 248 g/mol. The van der Waals surface area contributed by atoms with Crippen LogP contribution in [0, 0.1) is 11.3 Å². The second kappa shape index (κ2) is 5.23. The van der Waals surface area contributed by atoms with Gasteiger partial charge in [0.1, 0.15) is 11.3 Å². The lowest BCUT2D eigenvalue weighted by atomic mass is 9.65.